The zero-order valence-corrected chi connectivity index (χ0v) is 26.0. The van der Waals surface area contributed by atoms with Crippen LogP contribution >= 0.6 is 0 Å². The van der Waals surface area contributed by atoms with E-state index in [2.05, 4.69) is 47.4 Å². The third kappa shape index (κ3) is 9.65. The normalized spacial score (nSPS) is 22.5. The van der Waals surface area contributed by atoms with Gasteiger partial charge in [0.2, 0.25) is 0 Å². The number of methoxy groups -OCH3 is 1. The number of allylic oxidation sites excluding steroid dienone is 2. The summed E-state index contributed by atoms with van der Waals surface area (Å²) in [4.78, 5) is 27.4. The molecule has 2 aromatic carbocycles. The van der Waals surface area contributed by atoms with E-state index >= 15 is 0 Å². The van der Waals surface area contributed by atoms with E-state index in [9.17, 15) is 14.7 Å². The molecule has 1 saturated carbocycles. The largest absolute Gasteiger partial charge is 0.497 e. The van der Waals surface area contributed by atoms with Crippen molar-refractivity contribution in [1.29, 1.82) is 0 Å². The topological polar surface area (TPSA) is 88.5 Å². The number of carbonyl (C=O) groups excluding carboxylic acids is 2. The standard InChI is InChI=1S/C35H48N2O6/c1-36(2)33(39)25-43-34(40)12-8-5-4-7-11-30-32(23-31(38)35(30)37-21-9-6-10-22-37)42-24-26-13-15-27(16-14-26)28-17-19-29(41-3)20-18-28/h4-5,13-20,30-32,35,38H,6-12,21-25H2,1-3H3/b5-4-/t30-,31-,32-,35+/m0/s1. The van der Waals surface area contributed by atoms with E-state index in [-0.39, 0.29) is 43.0 Å². The number of likely N-dealkylation sites (N-methyl/N-ethyl adjacent to an activating group) is 1. The van der Waals surface area contributed by atoms with E-state index in [1.165, 1.54) is 24.2 Å². The van der Waals surface area contributed by atoms with Crippen LogP contribution in [0.15, 0.2) is 60.7 Å². The number of aliphatic hydroxyl groups is 1. The van der Waals surface area contributed by atoms with Crippen molar-refractivity contribution in [2.24, 2.45) is 5.92 Å². The minimum Gasteiger partial charge on any atom is -0.497 e. The molecule has 1 saturated heterocycles. The summed E-state index contributed by atoms with van der Waals surface area (Å²) in [6.45, 7) is 2.36. The number of hydrogen-bond acceptors (Lipinski definition) is 7. The lowest BCUT2D eigenvalue weighted by Gasteiger charge is -2.38. The molecule has 2 aliphatic rings. The van der Waals surface area contributed by atoms with E-state index in [0.29, 0.717) is 19.4 Å². The van der Waals surface area contributed by atoms with Gasteiger partial charge in [0.1, 0.15) is 5.75 Å². The molecule has 2 fully saturated rings. The molecule has 0 unspecified atom stereocenters. The van der Waals surface area contributed by atoms with Gasteiger partial charge in [0.15, 0.2) is 6.61 Å². The van der Waals surface area contributed by atoms with Crippen molar-refractivity contribution in [1.82, 2.24) is 9.80 Å². The minimum absolute atomic E-state index is 0.0131. The summed E-state index contributed by atoms with van der Waals surface area (Å²) in [5.74, 6) is 0.482. The maximum Gasteiger partial charge on any atom is 0.306 e. The van der Waals surface area contributed by atoms with Crippen molar-refractivity contribution in [3.8, 4) is 16.9 Å². The van der Waals surface area contributed by atoms with Crippen molar-refractivity contribution in [2.45, 2.75) is 76.2 Å². The quantitative estimate of drug-likeness (QED) is 0.237. The second-order valence-electron chi connectivity index (χ2n) is 11.9. The van der Waals surface area contributed by atoms with Gasteiger partial charge >= 0.3 is 5.97 Å². The first kappa shape index (κ1) is 32.7. The number of carbonyl (C=O) groups is 2. The first-order chi connectivity index (χ1) is 20.9. The fraction of sp³-hybridized carbons (Fsp3) is 0.543. The van der Waals surface area contributed by atoms with Crippen LogP contribution in [0.4, 0.5) is 0 Å². The third-order valence-electron chi connectivity index (χ3n) is 8.64. The van der Waals surface area contributed by atoms with Crippen molar-refractivity contribution in [2.75, 3.05) is 40.9 Å². The van der Waals surface area contributed by atoms with Crippen molar-refractivity contribution < 1.29 is 28.9 Å². The number of aliphatic hydroxyl groups excluding tert-OH is 1. The lowest BCUT2D eigenvalue weighted by Crippen LogP contribution is -2.47. The number of likely N-dealkylation sites (tertiary alicyclic amines) is 1. The Hall–Kier alpha value is -3.20. The maximum absolute atomic E-state index is 11.9. The molecule has 8 heteroatoms. The van der Waals surface area contributed by atoms with Crippen LogP contribution in [0.2, 0.25) is 0 Å². The summed E-state index contributed by atoms with van der Waals surface area (Å²) in [5, 5.41) is 11.2. The van der Waals surface area contributed by atoms with Gasteiger partial charge in [-0.2, -0.15) is 0 Å². The van der Waals surface area contributed by atoms with Gasteiger partial charge in [-0.05, 0) is 74.0 Å². The van der Waals surface area contributed by atoms with Gasteiger partial charge in [-0.3, -0.25) is 14.5 Å². The molecule has 1 amide bonds. The predicted molar refractivity (Wildman–Crippen MR) is 168 cm³/mol. The molecule has 4 rings (SSSR count). The summed E-state index contributed by atoms with van der Waals surface area (Å²) in [7, 11) is 4.94. The van der Waals surface area contributed by atoms with Crippen LogP contribution in [0, 0.1) is 5.92 Å². The van der Waals surface area contributed by atoms with Crippen molar-refractivity contribution >= 4 is 11.9 Å². The second kappa shape index (κ2) is 16.6. The number of nitrogens with zero attached hydrogens (tertiary/aromatic N) is 2. The first-order valence-electron chi connectivity index (χ1n) is 15.6. The molecular formula is C35H48N2O6. The fourth-order valence-electron chi connectivity index (χ4n) is 6.19. The molecule has 0 spiro atoms. The average Bonchev–Trinajstić information content (AvgIpc) is 3.35. The zero-order valence-electron chi connectivity index (χ0n) is 26.0. The Kier molecular flexibility index (Phi) is 12.6. The molecule has 234 valence electrons. The number of hydrogen-bond donors (Lipinski definition) is 1. The summed E-state index contributed by atoms with van der Waals surface area (Å²) >= 11 is 0. The molecule has 8 nitrogen and oxygen atoms in total. The second-order valence-corrected chi connectivity index (χ2v) is 11.9. The lowest BCUT2D eigenvalue weighted by atomic mass is 9.92. The molecule has 0 radical (unpaired) electrons. The van der Waals surface area contributed by atoms with Crippen LogP contribution in [0.25, 0.3) is 11.1 Å². The van der Waals surface area contributed by atoms with Crippen LogP contribution < -0.4 is 4.74 Å². The Morgan fingerprint density at radius 2 is 1.60 bits per heavy atom. The predicted octanol–water partition coefficient (Wildman–Crippen LogP) is 5.23. The van der Waals surface area contributed by atoms with Crippen LogP contribution in [0.5, 0.6) is 5.75 Å². The number of piperidine rings is 1. The highest BCUT2D eigenvalue weighted by Crippen LogP contribution is 2.38. The van der Waals surface area contributed by atoms with E-state index in [4.69, 9.17) is 14.2 Å². The summed E-state index contributed by atoms with van der Waals surface area (Å²) in [5.41, 5.74) is 3.40. The molecular weight excluding hydrogens is 544 g/mol. The highest BCUT2D eigenvalue weighted by atomic mass is 16.5. The van der Waals surface area contributed by atoms with Gasteiger partial charge in [-0.15, -0.1) is 0 Å². The minimum atomic E-state index is -0.394. The molecule has 2 aromatic rings. The van der Waals surface area contributed by atoms with E-state index in [1.807, 2.05) is 18.2 Å². The van der Waals surface area contributed by atoms with E-state index in [1.54, 1.807) is 21.2 Å². The van der Waals surface area contributed by atoms with Gasteiger partial charge in [0.25, 0.3) is 5.91 Å². The zero-order chi connectivity index (χ0) is 30.6. The molecule has 1 aliphatic heterocycles. The average molecular weight is 593 g/mol. The van der Waals surface area contributed by atoms with E-state index < -0.39 is 6.10 Å². The fourth-order valence-corrected chi connectivity index (χ4v) is 6.19. The molecule has 43 heavy (non-hydrogen) atoms. The number of esters is 1. The Morgan fingerprint density at radius 3 is 2.26 bits per heavy atom. The van der Waals surface area contributed by atoms with Crippen LogP contribution in [-0.4, -0.2) is 85.9 Å². The Morgan fingerprint density at radius 1 is 0.953 bits per heavy atom. The first-order valence-corrected chi connectivity index (χ1v) is 15.6. The van der Waals surface area contributed by atoms with Crippen molar-refractivity contribution in [3.05, 3.63) is 66.2 Å². The van der Waals surface area contributed by atoms with Gasteiger partial charge in [0, 0.05) is 38.9 Å². The third-order valence-corrected chi connectivity index (χ3v) is 8.64. The summed E-state index contributed by atoms with van der Waals surface area (Å²) < 4.78 is 16.8. The number of amides is 1. The molecule has 1 heterocycles. The highest BCUT2D eigenvalue weighted by molar-refractivity contribution is 5.80. The number of rotatable bonds is 14. The van der Waals surface area contributed by atoms with Gasteiger partial charge in [0.05, 0.1) is 25.9 Å². The van der Waals surface area contributed by atoms with Gasteiger partial charge in [-0.1, -0.05) is 55.0 Å². The van der Waals surface area contributed by atoms with Crippen LogP contribution in [0.3, 0.4) is 0 Å². The molecule has 4 atom stereocenters. The molecule has 0 aromatic heterocycles. The molecule has 0 bridgehead atoms. The monoisotopic (exact) mass is 592 g/mol. The summed E-state index contributed by atoms with van der Waals surface area (Å²) in [6.07, 6.45) is 10.6. The van der Waals surface area contributed by atoms with Crippen molar-refractivity contribution in [3.63, 3.8) is 0 Å². The Labute approximate surface area is 256 Å². The van der Waals surface area contributed by atoms with Crippen LogP contribution in [0.1, 0.15) is 56.9 Å². The number of benzene rings is 2. The number of ether oxygens (including phenoxy) is 3. The SMILES string of the molecule is COc1ccc(-c2ccc(CO[C@H]3C[C@H](O)[C@H](N4CCCCC4)[C@H]3CC/C=C\CCC(=O)OCC(=O)N(C)C)cc2)cc1. The van der Waals surface area contributed by atoms with Gasteiger partial charge < -0.3 is 24.2 Å². The Balaban J connectivity index is 1.30. The Bertz CT molecular complexity index is 1170. The maximum atomic E-state index is 11.9. The molecule has 1 aliphatic carbocycles. The smallest absolute Gasteiger partial charge is 0.306 e. The molecule has 1 N–H and O–H groups in total. The van der Waals surface area contributed by atoms with Gasteiger partial charge in [-0.25, -0.2) is 0 Å². The summed E-state index contributed by atoms with van der Waals surface area (Å²) in [6, 6.07) is 16.7. The highest BCUT2D eigenvalue weighted by Gasteiger charge is 2.45. The van der Waals surface area contributed by atoms with Crippen LogP contribution in [-0.2, 0) is 25.7 Å². The van der Waals surface area contributed by atoms with E-state index in [0.717, 1.165) is 48.4 Å². The lowest BCUT2D eigenvalue weighted by molar-refractivity contribution is -0.150.